The normalized spacial score (nSPS) is 11.2. The second-order valence-electron chi connectivity index (χ2n) is 9.63. The molecule has 0 spiro atoms. The lowest BCUT2D eigenvalue weighted by molar-refractivity contribution is 0.0978. The molecule has 6 aromatic rings. The average molecular weight is 596 g/mol. The van der Waals surface area contributed by atoms with Gasteiger partial charge in [0.1, 0.15) is 16.3 Å². The van der Waals surface area contributed by atoms with Crippen LogP contribution in [0.2, 0.25) is 0 Å². The highest BCUT2D eigenvalue weighted by atomic mass is 32.1. The molecule has 3 heterocycles. The first-order chi connectivity index (χ1) is 20.4. The number of thiocarbonyl (C=S) groups is 1. The van der Waals surface area contributed by atoms with Gasteiger partial charge in [-0.2, -0.15) is 4.68 Å². The van der Waals surface area contributed by atoms with Gasteiger partial charge in [-0.05, 0) is 55.3 Å². The molecular formula is C31H25N5O4S2. The summed E-state index contributed by atoms with van der Waals surface area (Å²) in [5.41, 5.74) is 2.15. The summed E-state index contributed by atoms with van der Waals surface area (Å²) < 4.78 is 9.04. The number of methoxy groups -OCH3 is 1. The number of hydrogen-bond donors (Lipinski definition) is 2. The lowest BCUT2D eigenvalue weighted by Gasteiger charge is -2.15. The van der Waals surface area contributed by atoms with Gasteiger partial charge in [0, 0.05) is 17.8 Å². The highest BCUT2D eigenvalue weighted by Gasteiger charge is 2.25. The average Bonchev–Trinajstić information content (AvgIpc) is 3.58. The van der Waals surface area contributed by atoms with Crippen LogP contribution >= 0.6 is 23.6 Å². The number of H-pyrrole nitrogens is 1. The van der Waals surface area contributed by atoms with E-state index in [1.807, 2.05) is 48.5 Å². The van der Waals surface area contributed by atoms with Crippen molar-refractivity contribution in [1.82, 2.24) is 24.6 Å². The monoisotopic (exact) mass is 595 g/mol. The van der Waals surface area contributed by atoms with Gasteiger partial charge in [0.2, 0.25) is 5.13 Å². The number of nitrogens with zero attached hydrogens (tertiary/aromatic N) is 3. The number of ether oxygens (including phenoxy) is 1. The van der Waals surface area contributed by atoms with Crippen LogP contribution in [0.1, 0.15) is 27.2 Å². The molecule has 42 heavy (non-hydrogen) atoms. The summed E-state index contributed by atoms with van der Waals surface area (Å²) in [5.74, 6) is 0.282. The molecule has 0 aliphatic rings. The van der Waals surface area contributed by atoms with Crippen LogP contribution in [0, 0.1) is 6.92 Å². The van der Waals surface area contributed by atoms with Crippen molar-refractivity contribution in [3.63, 3.8) is 0 Å². The molecule has 0 aliphatic carbocycles. The number of benzene rings is 3. The third-order valence-electron chi connectivity index (χ3n) is 7.11. The van der Waals surface area contributed by atoms with E-state index in [1.165, 1.54) is 16.0 Å². The van der Waals surface area contributed by atoms with E-state index in [2.05, 4.69) is 15.4 Å². The maximum Gasteiger partial charge on any atom is 0.283 e. The predicted molar refractivity (Wildman–Crippen MR) is 168 cm³/mol. The minimum Gasteiger partial charge on any atom is -0.497 e. The first kappa shape index (κ1) is 27.3. The smallest absolute Gasteiger partial charge is 0.283 e. The Morgan fingerprint density at radius 3 is 2.43 bits per heavy atom. The lowest BCUT2D eigenvalue weighted by atomic mass is 10.1. The zero-order valence-electron chi connectivity index (χ0n) is 22.7. The summed E-state index contributed by atoms with van der Waals surface area (Å²) in [6.45, 7) is 2.03. The molecule has 0 radical (unpaired) electrons. The maximum atomic E-state index is 14.0. The number of hydrogen-bond acceptors (Lipinski definition) is 7. The molecule has 0 aliphatic heterocycles. The summed E-state index contributed by atoms with van der Waals surface area (Å²) in [6.07, 6.45) is 0.523. The SMILES string of the molecule is COc1ccc(CCn2c(C)c3c(=O)n(-c4nc5ccccc5s4)[nH]c3c(C(=S)NC(=O)c3ccccc3)c2=O)cc1. The van der Waals surface area contributed by atoms with E-state index in [-0.39, 0.29) is 21.6 Å². The zero-order valence-corrected chi connectivity index (χ0v) is 24.3. The fourth-order valence-electron chi connectivity index (χ4n) is 4.91. The summed E-state index contributed by atoms with van der Waals surface area (Å²) in [5, 5.41) is 6.51. The van der Waals surface area contributed by atoms with Crippen molar-refractivity contribution in [2.75, 3.05) is 7.11 Å². The van der Waals surface area contributed by atoms with Gasteiger partial charge in [0.25, 0.3) is 17.0 Å². The summed E-state index contributed by atoms with van der Waals surface area (Å²) in [4.78, 5) is 45.5. The Balaban J connectivity index is 1.48. The lowest BCUT2D eigenvalue weighted by Crippen LogP contribution is -2.37. The maximum absolute atomic E-state index is 14.0. The minimum atomic E-state index is -0.452. The van der Waals surface area contributed by atoms with Crippen molar-refractivity contribution >= 4 is 55.6 Å². The van der Waals surface area contributed by atoms with Crippen LogP contribution in [0.3, 0.4) is 0 Å². The van der Waals surface area contributed by atoms with Crippen LogP contribution in [0.25, 0.3) is 26.3 Å². The van der Waals surface area contributed by atoms with E-state index in [4.69, 9.17) is 17.0 Å². The van der Waals surface area contributed by atoms with Crippen LogP contribution in [0.15, 0.2) is 88.5 Å². The van der Waals surface area contributed by atoms with Crippen molar-refractivity contribution in [3.05, 3.63) is 122 Å². The third kappa shape index (κ3) is 4.93. The van der Waals surface area contributed by atoms with Crippen LogP contribution in [-0.2, 0) is 13.0 Å². The summed E-state index contributed by atoms with van der Waals surface area (Å²) >= 11 is 6.99. The van der Waals surface area contributed by atoms with E-state index in [9.17, 15) is 14.4 Å². The summed E-state index contributed by atoms with van der Waals surface area (Å²) in [7, 11) is 1.60. The number of aryl methyl sites for hydroxylation is 2. The molecule has 2 N–H and O–H groups in total. The largest absolute Gasteiger partial charge is 0.497 e. The molecule has 0 unspecified atom stereocenters. The number of carbonyl (C=O) groups excluding carboxylic acids is 1. The predicted octanol–water partition coefficient (Wildman–Crippen LogP) is 4.76. The molecule has 9 nitrogen and oxygen atoms in total. The van der Waals surface area contributed by atoms with Crippen molar-refractivity contribution in [2.45, 2.75) is 19.9 Å². The van der Waals surface area contributed by atoms with E-state index in [0.29, 0.717) is 34.7 Å². The number of amides is 1. The second kappa shape index (κ2) is 11.2. The van der Waals surface area contributed by atoms with Gasteiger partial charge in [-0.3, -0.25) is 19.5 Å². The Morgan fingerprint density at radius 2 is 1.71 bits per heavy atom. The van der Waals surface area contributed by atoms with Crippen molar-refractivity contribution in [1.29, 1.82) is 0 Å². The van der Waals surface area contributed by atoms with Crippen LogP contribution < -0.4 is 21.2 Å². The minimum absolute atomic E-state index is 0.0431. The second-order valence-corrected chi connectivity index (χ2v) is 11.0. The number of fused-ring (bicyclic) bond motifs is 2. The molecule has 3 aromatic carbocycles. The molecule has 0 saturated heterocycles. The number of pyridine rings is 1. The number of aromatic amines is 1. The van der Waals surface area contributed by atoms with E-state index in [1.54, 1.807) is 48.9 Å². The Morgan fingerprint density at radius 1 is 1.00 bits per heavy atom. The Bertz CT molecular complexity index is 2060. The van der Waals surface area contributed by atoms with Crippen LogP contribution in [0.5, 0.6) is 5.75 Å². The summed E-state index contributed by atoms with van der Waals surface area (Å²) in [6, 6.07) is 23.8. The molecule has 3 aromatic heterocycles. The fraction of sp³-hybridized carbons (Fsp3) is 0.129. The van der Waals surface area contributed by atoms with Gasteiger partial charge in [0.05, 0.1) is 28.2 Å². The number of aromatic nitrogens is 4. The topological polar surface area (TPSA) is 111 Å². The third-order valence-corrected chi connectivity index (χ3v) is 8.44. The number of para-hydroxylation sites is 1. The molecular weight excluding hydrogens is 571 g/mol. The molecule has 0 bridgehead atoms. The fourth-order valence-corrected chi connectivity index (χ4v) is 6.12. The van der Waals surface area contributed by atoms with E-state index < -0.39 is 11.5 Å². The van der Waals surface area contributed by atoms with Crippen LogP contribution in [0.4, 0.5) is 0 Å². The first-order valence-electron chi connectivity index (χ1n) is 13.1. The molecule has 0 atom stereocenters. The zero-order chi connectivity index (χ0) is 29.4. The Hall–Kier alpha value is -4.87. The van der Waals surface area contributed by atoms with Gasteiger partial charge < -0.3 is 14.6 Å². The quantitative estimate of drug-likeness (QED) is 0.258. The van der Waals surface area contributed by atoms with Crippen molar-refractivity contribution < 1.29 is 9.53 Å². The number of thiazole rings is 1. The highest BCUT2D eigenvalue weighted by Crippen LogP contribution is 2.25. The number of rotatable bonds is 7. The van der Waals surface area contributed by atoms with E-state index in [0.717, 1.165) is 21.5 Å². The standard InChI is InChI=1S/C31H25N5O4S2/c1-18-24-26(34-36(30(24)39)31-32-22-10-6-7-11-23(22)42-31)25(28(41)33-27(37)20-8-4-3-5-9-20)29(38)35(18)17-16-19-12-14-21(40-2)15-13-19/h3-15,34H,16-17H2,1-2H3,(H,33,37,41). The Kier molecular flexibility index (Phi) is 7.27. The van der Waals surface area contributed by atoms with Crippen molar-refractivity contribution in [2.24, 2.45) is 0 Å². The first-order valence-corrected chi connectivity index (χ1v) is 14.4. The van der Waals surface area contributed by atoms with Crippen molar-refractivity contribution in [3.8, 4) is 10.9 Å². The van der Waals surface area contributed by atoms with E-state index >= 15 is 0 Å². The van der Waals surface area contributed by atoms with Gasteiger partial charge in [-0.1, -0.05) is 66.0 Å². The molecule has 11 heteroatoms. The molecule has 210 valence electrons. The molecule has 0 saturated carbocycles. The number of carbonyl (C=O) groups is 1. The highest BCUT2D eigenvalue weighted by molar-refractivity contribution is 7.80. The van der Waals surface area contributed by atoms with Gasteiger partial charge >= 0.3 is 0 Å². The van der Waals surface area contributed by atoms with Crippen LogP contribution in [-0.4, -0.2) is 37.3 Å². The molecule has 1 amide bonds. The van der Waals surface area contributed by atoms with Gasteiger partial charge in [-0.15, -0.1) is 0 Å². The van der Waals surface area contributed by atoms with Gasteiger partial charge in [0.15, 0.2) is 0 Å². The molecule has 0 fully saturated rings. The number of nitrogens with one attached hydrogen (secondary N) is 2. The van der Waals surface area contributed by atoms with Gasteiger partial charge in [-0.25, -0.2) is 4.98 Å². The molecule has 6 rings (SSSR count). The Labute approximate surface area is 249 Å².